The molecule has 1 fully saturated rings. The number of carbonyl (C=O) groups excluding carboxylic acids is 1. The van der Waals surface area contributed by atoms with Crippen molar-refractivity contribution in [3.8, 4) is 11.5 Å². The van der Waals surface area contributed by atoms with Crippen molar-refractivity contribution in [1.29, 1.82) is 0 Å². The van der Waals surface area contributed by atoms with Crippen LogP contribution in [0.3, 0.4) is 0 Å². The first kappa shape index (κ1) is 17.3. The molecule has 0 unspecified atom stereocenters. The van der Waals surface area contributed by atoms with E-state index in [2.05, 4.69) is 16.5 Å². The average Bonchev–Trinajstić information content (AvgIpc) is 3.51. The van der Waals surface area contributed by atoms with Gasteiger partial charge in [0.15, 0.2) is 5.76 Å². The van der Waals surface area contributed by atoms with E-state index in [1.807, 2.05) is 47.8 Å². The Morgan fingerprint density at radius 2 is 1.96 bits per heavy atom. The van der Waals surface area contributed by atoms with Crippen LogP contribution in [-0.2, 0) is 16.8 Å². The van der Waals surface area contributed by atoms with Crippen molar-refractivity contribution >= 4 is 28.2 Å². The van der Waals surface area contributed by atoms with Crippen LogP contribution in [0.15, 0.2) is 62.9 Å². The first-order valence-electron chi connectivity index (χ1n) is 9.51. The highest BCUT2D eigenvalue weighted by atomic mass is 32.1. The normalized spacial score (nSPS) is 15.9. The fourth-order valence-corrected chi connectivity index (χ4v) is 5.05. The van der Waals surface area contributed by atoms with Gasteiger partial charge in [0.2, 0.25) is 11.7 Å². The number of hydrogen-bond acceptors (Lipinski definition) is 5. The van der Waals surface area contributed by atoms with Crippen molar-refractivity contribution < 1.29 is 13.7 Å². The first-order chi connectivity index (χ1) is 13.7. The molecule has 1 aliphatic rings. The van der Waals surface area contributed by atoms with Gasteiger partial charge in [-0.1, -0.05) is 42.3 Å². The molecule has 1 amide bonds. The van der Waals surface area contributed by atoms with Crippen molar-refractivity contribution in [2.24, 2.45) is 0 Å². The van der Waals surface area contributed by atoms with Gasteiger partial charge < -0.3 is 14.3 Å². The quantitative estimate of drug-likeness (QED) is 0.502. The predicted octanol–water partition coefficient (Wildman–Crippen LogP) is 5.28. The van der Waals surface area contributed by atoms with Crippen LogP contribution in [0.2, 0.25) is 0 Å². The highest BCUT2D eigenvalue weighted by molar-refractivity contribution is 7.10. The molecule has 6 heteroatoms. The summed E-state index contributed by atoms with van der Waals surface area (Å²) in [5.74, 6) is 1.28. The molecule has 4 aromatic rings. The Balaban J connectivity index is 1.31. The van der Waals surface area contributed by atoms with Crippen molar-refractivity contribution in [1.82, 2.24) is 10.5 Å². The number of benzene rings is 1. The van der Waals surface area contributed by atoms with Crippen LogP contribution in [0.25, 0.3) is 22.5 Å². The molecule has 0 aliphatic heterocycles. The SMILES string of the molecule is O=C(NCc1cc(-c2cc3ccccc3o2)on1)C1(c2cccs2)CCCC1. The lowest BCUT2D eigenvalue weighted by molar-refractivity contribution is -0.126. The topological polar surface area (TPSA) is 68.3 Å². The monoisotopic (exact) mass is 392 g/mol. The highest BCUT2D eigenvalue weighted by Crippen LogP contribution is 2.43. The lowest BCUT2D eigenvalue weighted by atomic mass is 9.83. The van der Waals surface area contributed by atoms with Gasteiger partial charge in [0.1, 0.15) is 11.3 Å². The fraction of sp³-hybridized carbons (Fsp3) is 0.273. The number of fused-ring (bicyclic) bond motifs is 1. The fourth-order valence-electron chi connectivity index (χ4n) is 4.07. The van der Waals surface area contributed by atoms with Crippen molar-refractivity contribution in [2.45, 2.75) is 37.6 Å². The molecule has 5 rings (SSSR count). The van der Waals surface area contributed by atoms with Crippen molar-refractivity contribution in [2.75, 3.05) is 0 Å². The average molecular weight is 392 g/mol. The molecule has 0 bridgehead atoms. The summed E-state index contributed by atoms with van der Waals surface area (Å²) in [6.07, 6.45) is 3.99. The number of rotatable bonds is 5. The number of furan rings is 1. The van der Waals surface area contributed by atoms with E-state index in [1.54, 1.807) is 11.3 Å². The summed E-state index contributed by atoms with van der Waals surface area (Å²) in [5.41, 5.74) is 1.10. The molecular formula is C22H20N2O3S. The molecule has 0 radical (unpaired) electrons. The third kappa shape index (κ3) is 2.94. The summed E-state index contributed by atoms with van der Waals surface area (Å²) >= 11 is 1.66. The summed E-state index contributed by atoms with van der Waals surface area (Å²) in [7, 11) is 0. The third-order valence-electron chi connectivity index (χ3n) is 5.54. The number of aromatic nitrogens is 1. The van der Waals surface area contributed by atoms with Gasteiger partial charge in [-0.15, -0.1) is 11.3 Å². The van der Waals surface area contributed by atoms with E-state index in [4.69, 9.17) is 8.94 Å². The molecule has 5 nitrogen and oxygen atoms in total. The Hall–Kier alpha value is -2.86. The van der Waals surface area contributed by atoms with E-state index >= 15 is 0 Å². The zero-order valence-corrected chi connectivity index (χ0v) is 16.1. The molecule has 1 aliphatic carbocycles. The largest absolute Gasteiger partial charge is 0.453 e. The van der Waals surface area contributed by atoms with Crippen LogP contribution in [0.1, 0.15) is 36.3 Å². The lowest BCUT2D eigenvalue weighted by Crippen LogP contribution is -2.41. The Morgan fingerprint density at radius 3 is 2.75 bits per heavy atom. The summed E-state index contributed by atoms with van der Waals surface area (Å²) in [6.45, 7) is 0.343. The second kappa shape index (κ2) is 6.95. The highest BCUT2D eigenvalue weighted by Gasteiger charge is 2.43. The predicted molar refractivity (Wildman–Crippen MR) is 108 cm³/mol. The second-order valence-corrected chi connectivity index (χ2v) is 8.23. The molecule has 28 heavy (non-hydrogen) atoms. The van der Waals surface area contributed by atoms with E-state index < -0.39 is 0 Å². The van der Waals surface area contributed by atoms with Gasteiger partial charge in [-0.3, -0.25) is 4.79 Å². The van der Waals surface area contributed by atoms with E-state index in [9.17, 15) is 4.79 Å². The number of thiophene rings is 1. The molecule has 3 heterocycles. The lowest BCUT2D eigenvalue weighted by Gasteiger charge is -2.26. The maximum atomic E-state index is 13.1. The van der Waals surface area contributed by atoms with Crippen molar-refractivity contribution in [3.63, 3.8) is 0 Å². The van der Waals surface area contributed by atoms with E-state index in [0.717, 1.165) is 41.5 Å². The molecule has 3 aromatic heterocycles. The van der Waals surface area contributed by atoms with Crippen molar-refractivity contribution in [3.05, 3.63) is 64.5 Å². The zero-order valence-electron chi connectivity index (χ0n) is 15.3. The number of para-hydroxylation sites is 1. The molecule has 142 valence electrons. The van der Waals surface area contributed by atoms with E-state index in [-0.39, 0.29) is 11.3 Å². The van der Waals surface area contributed by atoms with Gasteiger partial charge in [0.05, 0.1) is 12.0 Å². The number of hydrogen-bond donors (Lipinski definition) is 1. The summed E-state index contributed by atoms with van der Waals surface area (Å²) < 4.78 is 11.3. The van der Waals surface area contributed by atoms with E-state index in [0.29, 0.717) is 23.8 Å². The van der Waals surface area contributed by atoms with Gasteiger partial charge in [0.25, 0.3) is 0 Å². The van der Waals surface area contributed by atoms with E-state index in [1.165, 1.54) is 0 Å². The van der Waals surface area contributed by atoms with Gasteiger partial charge in [-0.05, 0) is 36.4 Å². The maximum absolute atomic E-state index is 13.1. The van der Waals surface area contributed by atoms with Gasteiger partial charge >= 0.3 is 0 Å². The molecule has 1 saturated carbocycles. The van der Waals surface area contributed by atoms with Crippen LogP contribution in [0.5, 0.6) is 0 Å². The Morgan fingerprint density at radius 1 is 1.11 bits per heavy atom. The summed E-state index contributed by atoms with van der Waals surface area (Å²) in [5, 5.41) is 10.2. The van der Waals surface area contributed by atoms with Gasteiger partial charge in [-0.2, -0.15) is 0 Å². The van der Waals surface area contributed by atoms with Crippen LogP contribution < -0.4 is 5.32 Å². The molecular weight excluding hydrogens is 372 g/mol. The summed E-state index contributed by atoms with van der Waals surface area (Å²) in [4.78, 5) is 14.2. The zero-order chi connectivity index (χ0) is 19.0. The van der Waals surface area contributed by atoms with Crippen LogP contribution >= 0.6 is 11.3 Å². The van der Waals surface area contributed by atoms with Gasteiger partial charge in [-0.25, -0.2) is 0 Å². The number of nitrogens with zero attached hydrogens (tertiary/aromatic N) is 1. The minimum atomic E-state index is -0.389. The molecule has 0 spiro atoms. The van der Waals surface area contributed by atoms with Crippen LogP contribution in [0.4, 0.5) is 0 Å². The Kier molecular flexibility index (Phi) is 4.28. The van der Waals surface area contributed by atoms with Crippen LogP contribution in [0, 0.1) is 0 Å². The molecule has 0 atom stereocenters. The Bertz CT molecular complexity index is 1070. The van der Waals surface area contributed by atoms with Crippen LogP contribution in [-0.4, -0.2) is 11.1 Å². The number of amides is 1. The van der Waals surface area contributed by atoms with Gasteiger partial charge in [0, 0.05) is 16.3 Å². The second-order valence-electron chi connectivity index (χ2n) is 7.28. The number of nitrogens with one attached hydrogen (secondary N) is 1. The maximum Gasteiger partial charge on any atom is 0.231 e. The molecule has 0 saturated heterocycles. The number of carbonyl (C=O) groups is 1. The molecule has 1 N–H and O–H groups in total. The summed E-state index contributed by atoms with van der Waals surface area (Å²) in [6, 6.07) is 15.7. The standard InChI is InChI=1S/C22H20N2O3S/c25-21(22(9-3-4-10-22)20-8-5-11-28-20)23-14-16-13-19(27-24-16)18-12-15-6-1-2-7-17(15)26-18/h1-2,5-8,11-13H,3-4,9-10,14H2,(H,23,25). The molecule has 1 aromatic carbocycles. The smallest absolute Gasteiger partial charge is 0.231 e. The Labute approximate surface area is 166 Å². The minimum Gasteiger partial charge on any atom is -0.453 e. The third-order valence-corrected chi connectivity index (χ3v) is 6.62. The minimum absolute atomic E-state index is 0.0840. The first-order valence-corrected chi connectivity index (χ1v) is 10.4.